The molecule has 29 heavy (non-hydrogen) atoms. The first-order valence-corrected chi connectivity index (χ1v) is 8.59. The highest BCUT2D eigenvalue weighted by Crippen LogP contribution is 2.28. The van der Waals surface area contributed by atoms with E-state index in [-0.39, 0.29) is 11.3 Å². The second-order valence-corrected chi connectivity index (χ2v) is 6.01. The third kappa shape index (κ3) is 4.18. The molecule has 3 aromatic rings. The molecule has 0 atom stereocenters. The molecular formula is C20H19N3O6. The zero-order chi connectivity index (χ0) is 21.0. The third-order valence-corrected chi connectivity index (χ3v) is 4.16. The molecule has 9 heteroatoms. The maximum atomic E-state index is 12.5. The number of nitrogens with one attached hydrogen (secondary N) is 1. The van der Waals surface area contributed by atoms with Gasteiger partial charge in [0, 0.05) is 18.5 Å². The van der Waals surface area contributed by atoms with Crippen LogP contribution in [0.4, 0.5) is 5.69 Å². The van der Waals surface area contributed by atoms with Crippen molar-refractivity contribution in [2.75, 3.05) is 26.1 Å². The molecule has 0 saturated heterocycles. The molecule has 0 aliphatic rings. The van der Waals surface area contributed by atoms with Crippen LogP contribution in [0.15, 0.2) is 47.3 Å². The Labute approximate surface area is 165 Å². The lowest BCUT2D eigenvalue weighted by atomic mass is 10.1. The highest BCUT2D eigenvalue weighted by molar-refractivity contribution is 6.03. The molecule has 1 N–H and O–H groups in total. The van der Waals surface area contributed by atoms with Gasteiger partial charge in [0.15, 0.2) is 12.3 Å². The van der Waals surface area contributed by atoms with Crippen molar-refractivity contribution >= 4 is 28.3 Å². The van der Waals surface area contributed by atoms with Crippen molar-refractivity contribution in [2.24, 2.45) is 7.05 Å². The highest BCUT2D eigenvalue weighted by atomic mass is 16.5. The Balaban J connectivity index is 1.75. The molecule has 0 radical (unpaired) electrons. The van der Waals surface area contributed by atoms with Gasteiger partial charge in [-0.15, -0.1) is 0 Å². The summed E-state index contributed by atoms with van der Waals surface area (Å²) in [5.41, 5.74) is -0.00643. The monoisotopic (exact) mass is 397 g/mol. The van der Waals surface area contributed by atoms with Crippen LogP contribution in [0.5, 0.6) is 11.5 Å². The normalized spacial score (nSPS) is 10.4. The quantitative estimate of drug-likeness (QED) is 0.631. The van der Waals surface area contributed by atoms with Crippen LogP contribution in [0.25, 0.3) is 10.8 Å². The van der Waals surface area contributed by atoms with Gasteiger partial charge in [-0.1, -0.05) is 18.2 Å². The molecule has 1 amide bonds. The van der Waals surface area contributed by atoms with Gasteiger partial charge in [0.05, 0.1) is 25.3 Å². The maximum Gasteiger partial charge on any atom is 0.359 e. The van der Waals surface area contributed by atoms with Crippen molar-refractivity contribution in [3.63, 3.8) is 0 Å². The Hall–Kier alpha value is -3.88. The van der Waals surface area contributed by atoms with Crippen molar-refractivity contribution in [2.45, 2.75) is 0 Å². The summed E-state index contributed by atoms with van der Waals surface area (Å²) in [6.45, 7) is -0.544. The van der Waals surface area contributed by atoms with Crippen LogP contribution in [0.2, 0.25) is 0 Å². The van der Waals surface area contributed by atoms with E-state index in [1.54, 1.807) is 42.5 Å². The molecule has 2 aromatic carbocycles. The third-order valence-electron chi connectivity index (χ3n) is 4.16. The zero-order valence-corrected chi connectivity index (χ0v) is 16.1. The SMILES string of the molecule is COc1ccc(OC)c(NC(=O)COC(=O)c2nn(C)c(=O)c3ccccc23)c1. The largest absolute Gasteiger partial charge is 0.497 e. The fraction of sp³-hybridized carbons (Fsp3) is 0.200. The van der Waals surface area contributed by atoms with Crippen LogP contribution in [0.3, 0.4) is 0 Å². The second-order valence-electron chi connectivity index (χ2n) is 6.01. The number of anilines is 1. The number of carbonyl (C=O) groups is 2. The topological polar surface area (TPSA) is 109 Å². The second kappa shape index (κ2) is 8.42. The molecule has 0 bridgehead atoms. The predicted octanol–water partition coefficient (Wildman–Crippen LogP) is 1.75. The summed E-state index contributed by atoms with van der Waals surface area (Å²) in [7, 11) is 4.40. The summed E-state index contributed by atoms with van der Waals surface area (Å²) >= 11 is 0. The predicted molar refractivity (Wildman–Crippen MR) is 105 cm³/mol. The zero-order valence-electron chi connectivity index (χ0n) is 16.1. The molecule has 0 aliphatic carbocycles. The fourth-order valence-corrected chi connectivity index (χ4v) is 2.75. The Bertz CT molecular complexity index is 1140. The first kappa shape index (κ1) is 19.9. The maximum absolute atomic E-state index is 12.5. The van der Waals surface area contributed by atoms with Crippen LogP contribution in [-0.2, 0) is 16.6 Å². The van der Waals surface area contributed by atoms with Gasteiger partial charge in [-0.25, -0.2) is 9.48 Å². The molecular weight excluding hydrogens is 378 g/mol. The van der Waals surface area contributed by atoms with Crippen molar-refractivity contribution in [1.29, 1.82) is 0 Å². The number of methoxy groups -OCH3 is 2. The average molecular weight is 397 g/mol. The number of amides is 1. The number of hydrogen-bond acceptors (Lipinski definition) is 7. The summed E-state index contributed by atoms with van der Waals surface area (Å²) in [6.07, 6.45) is 0. The first-order chi connectivity index (χ1) is 13.9. The van der Waals surface area contributed by atoms with Crippen molar-refractivity contribution in [3.8, 4) is 11.5 Å². The molecule has 1 heterocycles. The number of hydrogen-bond donors (Lipinski definition) is 1. The van der Waals surface area contributed by atoms with Gasteiger partial charge < -0.3 is 19.5 Å². The van der Waals surface area contributed by atoms with Gasteiger partial charge in [-0.05, 0) is 18.2 Å². The summed E-state index contributed by atoms with van der Waals surface area (Å²) in [5, 5.41) is 7.27. The molecule has 0 aliphatic heterocycles. The number of benzene rings is 2. The van der Waals surface area contributed by atoms with Crippen LogP contribution < -0.4 is 20.3 Å². The minimum atomic E-state index is -0.815. The lowest BCUT2D eigenvalue weighted by Crippen LogP contribution is -2.26. The summed E-state index contributed by atoms with van der Waals surface area (Å²) in [4.78, 5) is 36.9. The van der Waals surface area contributed by atoms with E-state index in [4.69, 9.17) is 14.2 Å². The van der Waals surface area contributed by atoms with E-state index < -0.39 is 18.5 Å². The number of fused-ring (bicyclic) bond motifs is 1. The van der Waals surface area contributed by atoms with Gasteiger partial charge >= 0.3 is 5.97 Å². The number of rotatable bonds is 6. The molecule has 0 saturated carbocycles. The van der Waals surface area contributed by atoms with Crippen molar-refractivity contribution < 1.29 is 23.8 Å². The van der Waals surface area contributed by atoms with Gasteiger partial charge in [-0.2, -0.15) is 5.10 Å². The first-order valence-electron chi connectivity index (χ1n) is 8.59. The lowest BCUT2D eigenvalue weighted by Gasteiger charge is -2.12. The molecule has 0 spiro atoms. The number of nitrogens with zero attached hydrogens (tertiary/aromatic N) is 2. The number of aromatic nitrogens is 2. The smallest absolute Gasteiger partial charge is 0.359 e. The standard InChI is InChI=1S/C20H19N3O6/c1-23-19(25)14-7-5-4-6-13(14)18(22-23)20(26)29-11-17(24)21-15-10-12(27-2)8-9-16(15)28-3/h4-10H,11H2,1-3H3,(H,21,24). The van der Waals surface area contributed by atoms with Gasteiger partial charge in [0.2, 0.25) is 0 Å². The highest BCUT2D eigenvalue weighted by Gasteiger charge is 2.18. The van der Waals surface area contributed by atoms with Crippen LogP contribution in [0, 0.1) is 0 Å². The van der Waals surface area contributed by atoms with Crippen LogP contribution >= 0.6 is 0 Å². The van der Waals surface area contributed by atoms with E-state index in [2.05, 4.69) is 10.4 Å². The number of esters is 1. The van der Waals surface area contributed by atoms with Gasteiger partial charge in [-0.3, -0.25) is 9.59 Å². The number of aryl methyl sites for hydroxylation is 1. The minimum Gasteiger partial charge on any atom is -0.497 e. The molecule has 1 aromatic heterocycles. The van der Waals surface area contributed by atoms with Gasteiger partial charge in [0.1, 0.15) is 11.5 Å². The Morgan fingerprint density at radius 1 is 1.07 bits per heavy atom. The number of carbonyl (C=O) groups excluding carboxylic acids is 2. The van der Waals surface area contributed by atoms with Crippen molar-refractivity contribution in [1.82, 2.24) is 9.78 Å². The van der Waals surface area contributed by atoms with Crippen LogP contribution in [-0.4, -0.2) is 42.5 Å². The molecule has 9 nitrogen and oxygen atoms in total. The van der Waals surface area contributed by atoms with E-state index in [9.17, 15) is 14.4 Å². The van der Waals surface area contributed by atoms with E-state index in [1.165, 1.54) is 21.3 Å². The molecule has 3 rings (SSSR count). The van der Waals surface area contributed by atoms with Gasteiger partial charge in [0.25, 0.3) is 11.5 Å². The number of ether oxygens (including phenoxy) is 3. The summed E-state index contributed by atoms with van der Waals surface area (Å²) in [5.74, 6) is -0.432. The fourth-order valence-electron chi connectivity index (χ4n) is 2.75. The lowest BCUT2D eigenvalue weighted by molar-refractivity contribution is -0.119. The van der Waals surface area contributed by atoms with E-state index >= 15 is 0 Å². The Morgan fingerprint density at radius 2 is 1.79 bits per heavy atom. The summed E-state index contributed by atoms with van der Waals surface area (Å²) in [6, 6.07) is 11.5. The van der Waals surface area contributed by atoms with E-state index in [0.29, 0.717) is 28.0 Å². The Kier molecular flexibility index (Phi) is 5.77. The average Bonchev–Trinajstić information content (AvgIpc) is 2.74. The van der Waals surface area contributed by atoms with Crippen LogP contribution in [0.1, 0.15) is 10.5 Å². The van der Waals surface area contributed by atoms with E-state index in [0.717, 1.165) is 4.68 Å². The molecule has 150 valence electrons. The Morgan fingerprint density at radius 3 is 2.48 bits per heavy atom. The molecule has 0 unspecified atom stereocenters. The van der Waals surface area contributed by atoms with Crippen molar-refractivity contribution in [3.05, 3.63) is 58.5 Å². The van der Waals surface area contributed by atoms with E-state index in [1.807, 2.05) is 0 Å². The molecule has 0 fully saturated rings. The minimum absolute atomic E-state index is 0.0468. The summed E-state index contributed by atoms with van der Waals surface area (Å²) < 4.78 is 16.5.